The Morgan fingerprint density at radius 1 is 1.17 bits per heavy atom. The number of amides is 1. The number of fused-ring (bicyclic) bond motifs is 1. The Balaban J connectivity index is 1.51. The molecule has 0 radical (unpaired) electrons. The van der Waals surface area contributed by atoms with Gasteiger partial charge in [0.05, 0.1) is 6.04 Å². The van der Waals surface area contributed by atoms with Crippen LogP contribution < -0.4 is 0 Å². The first-order valence-electron chi connectivity index (χ1n) is 10.1. The van der Waals surface area contributed by atoms with Crippen LogP contribution in [0.1, 0.15) is 29.9 Å². The summed E-state index contributed by atoms with van der Waals surface area (Å²) in [5, 5.41) is 4.21. The quantitative estimate of drug-likeness (QED) is 0.522. The molecule has 0 aliphatic carbocycles. The molecular formula is C22H21FN6O. The van der Waals surface area contributed by atoms with E-state index < -0.39 is 0 Å². The van der Waals surface area contributed by atoms with E-state index in [1.54, 1.807) is 35.3 Å². The van der Waals surface area contributed by atoms with E-state index in [9.17, 15) is 9.18 Å². The summed E-state index contributed by atoms with van der Waals surface area (Å²) in [6, 6.07) is 11.9. The largest absolute Gasteiger partial charge is 0.335 e. The Labute approximate surface area is 172 Å². The van der Waals surface area contributed by atoms with Gasteiger partial charge in [0.1, 0.15) is 22.9 Å². The van der Waals surface area contributed by atoms with Crippen molar-refractivity contribution in [1.29, 1.82) is 0 Å². The number of pyridine rings is 1. The maximum atomic E-state index is 13.5. The van der Waals surface area contributed by atoms with Gasteiger partial charge in [0.2, 0.25) is 0 Å². The Kier molecular flexibility index (Phi) is 4.54. The molecular weight excluding hydrogens is 383 g/mol. The molecule has 7 nitrogen and oxygen atoms in total. The van der Waals surface area contributed by atoms with Gasteiger partial charge in [-0.25, -0.2) is 14.4 Å². The van der Waals surface area contributed by atoms with E-state index in [4.69, 9.17) is 4.98 Å². The van der Waals surface area contributed by atoms with Crippen LogP contribution in [0.5, 0.6) is 0 Å². The molecule has 8 heteroatoms. The van der Waals surface area contributed by atoms with Crippen LogP contribution in [0.4, 0.5) is 4.39 Å². The van der Waals surface area contributed by atoms with E-state index in [0.717, 1.165) is 29.0 Å². The minimum absolute atomic E-state index is 0.0161. The number of rotatable bonds is 4. The number of benzene rings is 1. The third-order valence-corrected chi connectivity index (χ3v) is 5.60. The molecule has 1 atom stereocenters. The number of halogens is 1. The number of carbonyl (C=O) groups excluding carboxylic acids is 1. The summed E-state index contributed by atoms with van der Waals surface area (Å²) in [6.07, 6.45) is 4.19. The van der Waals surface area contributed by atoms with Crippen molar-refractivity contribution in [3.8, 4) is 11.4 Å². The van der Waals surface area contributed by atoms with Gasteiger partial charge in [0, 0.05) is 37.6 Å². The van der Waals surface area contributed by atoms with E-state index in [0.29, 0.717) is 25.3 Å². The zero-order chi connectivity index (χ0) is 20.7. The minimum Gasteiger partial charge on any atom is -0.335 e. The fourth-order valence-electron chi connectivity index (χ4n) is 4.14. The molecule has 5 rings (SSSR count). The van der Waals surface area contributed by atoms with Gasteiger partial charge >= 0.3 is 0 Å². The van der Waals surface area contributed by atoms with Gasteiger partial charge in [-0.3, -0.25) is 9.48 Å². The van der Waals surface area contributed by atoms with E-state index >= 15 is 0 Å². The van der Waals surface area contributed by atoms with Gasteiger partial charge in [-0.15, -0.1) is 0 Å². The van der Waals surface area contributed by atoms with Crippen LogP contribution in [0, 0.1) is 5.82 Å². The average molecular weight is 404 g/mol. The highest BCUT2D eigenvalue weighted by molar-refractivity contribution is 5.92. The molecule has 152 valence electrons. The van der Waals surface area contributed by atoms with Crippen molar-refractivity contribution in [3.05, 3.63) is 66.4 Å². The van der Waals surface area contributed by atoms with Crippen LogP contribution in [0.2, 0.25) is 0 Å². The molecule has 1 fully saturated rings. The first-order valence-corrected chi connectivity index (χ1v) is 10.1. The van der Waals surface area contributed by atoms with E-state index in [1.807, 2.05) is 24.0 Å². The van der Waals surface area contributed by atoms with Crippen molar-refractivity contribution < 1.29 is 9.18 Å². The Morgan fingerprint density at radius 3 is 2.80 bits per heavy atom. The van der Waals surface area contributed by atoms with E-state index in [1.165, 1.54) is 12.1 Å². The fraction of sp³-hybridized carbons (Fsp3) is 0.273. The molecule has 4 aromatic rings. The van der Waals surface area contributed by atoms with Crippen molar-refractivity contribution in [2.75, 3.05) is 13.1 Å². The molecule has 1 aliphatic heterocycles. The van der Waals surface area contributed by atoms with Crippen LogP contribution in [-0.2, 0) is 6.54 Å². The molecule has 0 bridgehead atoms. The minimum atomic E-state index is -0.287. The summed E-state index contributed by atoms with van der Waals surface area (Å²) in [7, 11) is 0. The number of hydrogen-bond donors (Lipinski definition) is 0. The lowest BCUT2D eigenvalue weighted by Gasteiger charge is -2.19. The second kappa shape index (κ2) is 7.37. The van der Waals surface area contributed by atoms with Gasteiger partial charge in [-0.1, -0.05) is 0 Å². The average Bonchev–Trinajstić information content (AvgIpc) is 3.50. The topological polar surface area (TPSA) is 68.8 Å². The van der Waals surface area contributed by atoms with E-state index in [2.05, 4.69) is 14.6 Å². The number of likely N-dealkylation sites (tertiary alicyclic amines) is 1. The van der Waals surface area contributed by atoms with Crippen LogP contribution in [0.15, 0.2) is 54.9 Å². The summed E-state index contributed by atoms with van der Waals surface area (Å²) in [5.74, 6) is 0.434. The second-order valence-electron chi connectivity index (χ2n) is 7.38. The highest BCUT2D eigenvalue weighted by Gasteiger charge is 2.32. The monoisotopic (exact) mass is 404 g/mol. The SMILES string of the molecule is CCn1nccc1C(=O)N1CC[C@H](n2c(-c3ccc(F)cc3)nc3cccnc32)C1. The van der Waals surface area contributed by atoms with Gasteiger partial charge in [-0.2, -0.15) is 5.10 Å². The predicted octanol–water partition coefficient (Wildman–Crippen LogP) is 3.54. The molecule has 0 spiro atoms. The zero-order valence-corrected chi connectivity index (χ0v) is 16.6. The van der Waals surface area contributed by atoms with Crippen molar-refractivity contribution in [2.45, 2.75) is 25.9 Å². The van der Waals surface area contributed by atoms with Gasteiger partial charge in [0.25, 0.3) is 5.91 Å². The lowest BCUT2D eigenvalue weighted by atomic mass is 10.2. The summed E-state index contributed by atoms with van der Waals surface area (Å²) < 4.78 is 17.3. The molecule has 1 amide bonds. The fourth-order valence-corrected chi connectivity index (χ4v) is 4.14. The number of aromatic nitrogens is 5. The normalized spacial score (nSPS) is 16.5. The molecule has 0 unspecified atom stereocenters. The van der Waals surface area contributed by atoms with Crippen molar-refractivity contribution in [1.82, 2.24) is 29.2 Å². The highest BCUT2D eigenvalue weighted by Crippen LogP contribution is 2.32. The molecule has 3 aromatic heterocycles. The molecule has 0 saturated carbocycles. The third-order valence-electron chi connectivity index (χ3n) is 5.60. The Morgan fingerprint density at radius 2 is 2.00 bits per heavy atom. The molecule has 0 N–H and O–H groups in total. The van der Waals surface area contributed by atoms with Gasteiger partial charge in [0.15, 0.2) is 5.65 Å². The van der Waals surface area contributed by atoms with Crippen LogP contribution in [-0.4, -0.2) is 48.2 Å². The Hall–Kier alpha value is -3.55. The van der Waals surface area contributed by atoms with Crippen LogP contribution >= 0.6 is 0 Å². The van der Waals surface area contributed by atoms with Gasteiger partial charge in [-0.05, 0) is 55.8 Å². The lowest BCUT2D eigenvalue weighted by molar-refractivity contribution is 0.0775. The number of hydrogen-bond acceptors (Lipinski definition) is 4. The second-order valence-corrected chi connectivity index (χ2v) is 7.38. The maximum Gasteiger partial charge on any atom is 0.272 e. The van der Waals surface area contributed by atoms with Crippen molar-refractivity contribution >= 4 is 17.1 Å². The summed E-state index contributed by atoms with van der Waals surface area (Å²) in [6.45, 7) is 3.82. The molecule has 1 aliphatic rings. The standard InChI is InChI=1S/C22H21FN6O/c1-2-28-19(9-12-25-28)22(30)27-13-10-17(14-27)29-20(15-5-7-16(23)8-6-15)26-18-4-3-11-24-21(18)29/h3-9,11-12,17H,2,10,13-14H2,1H3/t17-/m0/s1. The first-order chi connectivity index (χ1) is 14.7. The number of nitrogens with zero attached hydrogens (tertiary/aromatic N) is 6. The highest BCUT2D eigenvalue weighted by atomic mass is 19.1. The summed E-state index contributed by atoms with van der Waals surface area (Å²) >= 11 is 0. The Bertz CT molecular complexity index is 1210. The summed E-state index contributed by atoms with van der Waals surface area (Å²) in [4.78, 5) is 24.2. The van der Waals surface area contributed by atoms with Crippen molar-refractivity contribution in [3.63, 3.8) is 0 Å². The zero-order valence-electron chi connectivity index (χ0n) is 16.6. The lowest BCUT2D eigenvalue weighted by Crippen LogP contribution is -2.31. The maximum absolute atomic E-state index is 13.5. The number of aryl methyl sites for hydroxylation is 1. The van der Waals surface area contributed by atoms with E-state index in [-0.39, 0.29) is 17.8 Å². The van der Waals surface area contributed by atoms with Crippen LogP contribution in [0.25, 0.3) is 22.6 Å². The summed E-state index contributed by atoms with van der Waals surface area (Å²) in [5.41, 5.74) is 2.98. The number of imidazole rings is 1. The third kappa shape index (κ3) is 3.04. The number of carbonyl (C=O) groups is 1. The molecule has 30 heavy (non-hydrogen) atoms. The molecule has 1 aromatic carbocycles. The van der Waals surface area contributed by atoms with Crippen molar-refractivity contribution in [2.24, 2.45) is 0 Å². The molecule has 4 heterocycles. The predicted molar refractivity (Wildman–Crippen MR) is 110 cm³/mol. The smallest absolute Gasteiger partial charge is 0.272 e. The van der Waals surface area contributed by atoms with Crippen LogP contribution in [0.3, 0.4) is 0 Å². The van der Waals surface area contributed by atoms with Gasteiger partial charge < -0.3 is 9.47 Å². The molecule has 1 saturated heterocycles. The first kappa shape index (κ1) is 18.5.